The molecule has 2 N–H and O–H groups in total. The quantitative estimate of drug-likeness (QED) is 0.929. The van der Waals surface area contributed by atoms with Gasteiger partial charge in [-0.3, -0.25) is 0 Å². The maximum Gasteiger partial charge on any atom is 0.387 e. The highest BCUT2D eigenvalue weighted by Gasteiger charge is 2.10. The van der Waals surface area contributed by atoms with Gasteiger partial charge >= 0.3 is 6.61 Å². The second-order valence-electron chi connectivity index (χ2n) is 3.48. The molecule has 1 aromatic carbocycles. The van der Waals surface area contributed by atoms with Crippen LogP contribution in [0.5, 0.6) is 5.75 Å². The van der Waals surface area contributed by atoms with E-state index < -0.39 is 6.61 Å². The Kier molecular flexibility index (Phi) is 5.53. The zero-order chi connectivity index (χ0) is 12.3. The molecule has 2 rings (SSSR count). The number of thiophene rings is 1. The molecule has 2 aromatic rings. The first-order valence-corrected chi connectivity index (χ1v) is 5.93. The third kappa shape index (κ3) is 3.66. The second kappa shape index (κ2) is 6.68. The molecule has 1 heterocycles. The van der Waals surface area contributed by atoms with Crippen LogP contribution in [0.25, 0.3) is 0 Å². The van der Waals surface area contributed by atoms with Crippen molar-refractivity contribution in [2.24, 2.45) is 5.73 Å². The SMILES string of the molecule is Cl.N[C@H](c1ccc(OC(F)F)cc1)c1ccsc1. The average molecular weight is 292 g/mol. The van der Waals surface area contributed by atoms with E-state index in [9.17, 15) is 8.78 Å². The normalized spacial score (nSPS) is 12.0. The maximum atomic E-state index is 12.0. The van der Waals surface area contributed by atoms with Crippen LogP contribution < -0.4 is 10.5 Å². The molecule has 1 aromatic heterocycles. The highest BCUT2D eigenvalue weighted by Crippen LogP contribution is 2.24. The molecule has 1 atom stereocenters. The van der Waals surface area contributed by atoms with E-state index in [0.29, 0.717) is 0 Å². The van der Waals surface area contributed by atoms with Crippen molar-refractivity contribution in [2.45, 2.75) is 12.7 Å². The number of hydrogen-bond acceptors (Lipinski definition) is 3. The maximum absolute atomic E-state index is 12.0. The number of alkyl halides is 2. The van der Waals surface area contributed by atoms with Gasteiger partial charge < -0.3 is 10.5 Å². The van der Waals surface area contributed by atoms with Crippen molar-refractivity contribution in [1.82, 2.24) is 0 Å². The summed E-state index contributed by atoms with van der Waals surface area (Å²) in [5.41, 5.74) is 7.91. The minimum absolute atomic E-state index is 0. The molecule has 0 aliphatic rings. The van der Waals surface area contributed by atoms with Crippen molar-refractivity contribution in [2.75, 3.05) is 0 Å². The molecule has 0 fully saturated rings. The van der Waals surface area contributed by atoms with Gasteiger partial charge in [0.25, 0.3) is 0 Å². The molecule has 18 heavy (non-hydrogen) atoms. The Morgan fingerprint density at radius 2 is 1.72 bits per heavy atom. The van der Waals surface area contributed by atoms with Crippen LogP contribution in [0.1, 0.15) is 17.2 Å². The summed E-state index contributed by atoms with van der Waals surface area (Å²) < 4.78 is 28.2. The van der Waals surface area contributed by atoms with Crippen molar-refractivity contribution >= 4 is 23.7 Å². The lowest BCUT2D eigenvalue weighted by Crippen LogP contribution is -2.10. The molecular weight excluding hydrogens is 280 g/mol. The van der Waals surface area contributed by atoms with E-state index >= 15 is 0 Å². The van der Waals surface area contributed by atoms with Gasteiger partial charge in [0.2, 0.25) is 0 Å². The molecule has 0 saturated heterocycles. The highest BCUT2D eigenvalue weighted by molar-refractivity contribution is 7.08. The molecule has 0 aliphatic heterocycles. The van der Waals surface area contributed by atoms with E-state index in [2.05, 4.69) is 4.74 Å². The second-order valence-corrected chi connectivity index (χ2v) is 4.26. The summed E-state index contributed by atoms with van der Waals surface area (Å²) in [5, 5.41) is 3.91. The predicted octanol–water partition coefficient (Wildman–Crippen LogP) is 3.82. The Hall–Kier alpha value is -1.17. The Morgan fingerprint density at radius 3 is 2.22 bits per heavy atom. The van der Waals surface area contributed by atoms with Crippen molar-refractivity contribution in [3.8, 4) is 5.75 Å². The van der Waals surface area contributed by atoms with E-state index in [-0.39, 0.29) is 24.2 Å². The molecule has 0 unspecified atom stereocenters. The summed E-state index contributed by atoms with van der Waals surface area (Å²) in [5.74, 6) is 0.140. The fraction of sp³-hybridized carbons (Fsp3) is 0.167. The van der Waals surface area contributed by atoms with Crippen LogP contribution in [0.4, 0.5) is 8.78 Å². The van der Waals surface area contributed by atoms with Crippen molar-refractivity contribution < 1.29 is 13.5 Å². The zero-order valence-corrected chi connectivity index (χ0v) is 10.9. The molecule has 0 aliphatic carbocycles. The molecule has 6 heteroatoms. The van der Waals surface area contributed by atoms with Gasteiger partial charge in [0.15, 0.2) is 0 Å². The third-order valence-electron chi connectivity index (χ3n) is 2.37. The number of halogens is 3. The van der Waals surface area contributed by atoms with Crippen LogP contribution in [0.15, 0.2) is 41.1 Å². The van der Waals surface area contributed by atoms with Gasteiger partial charge in [-0.15, -0.1) is 12.4 Å². The van der Waals surface area contributed by atoms with Gasteiger partial charge in [0, 0.05) is 0 Å². The molecule has 0 amide bonds. The van der Waals surface area contributed by atoms with E-state index in [1.54, 1.807) is 23.5 Å². The summed E-state index contributed by atoms with van der Waals surface area (Å²) in [4.78, 5) is 0. The van der Waals surface area contributed by atoms with Gasteiger partial charge in [-0.05, 0) is 40.1 Å². The Balaban J connectivity index is 0.00000162. The van der Waals surface area contributed by atoms with Crippen LogP contribution in [0, 0.1) is 0 Å². The average Bonchev–Trinajstić information content (AvgIpc) is 2.82. The first kappa shape index (κ1) is 14.9. The number of ether oxygens (including phenoxy) is 1. The number of hydrogen-bond donors (Lipinski definition) is 1. The van der Waals surface area contributed by atoms with E-state index in [0.717, 1.165) is 11.1 Å². The van der Waals surface area contributed by atoms with Gasteiger partial charge in [0.1, 0.15) is 5.75 Å². The Bertz CT molecular complexity index is 461. The third-order valence-corrected chi connectivity index (χ3v) is 3.07. The standard InChI is InChI=1S/C12H11F2NOS.ClH/c13-12(14)16-10-3-1-8(2-4-10)11(15)9-5-6-17-7-9;/h1-7,11-12H,15H2;1H/t11-;/m1./s1. The van der Waals surface area contributed by atoms with E-state index in [1.165, 1.54) is 12.1 Å². The van der Waals surface area contributed by atoms with Crippen LogP contribution in [0.2, 0.25) is 0 Å². The number of benzene rings is 1. The number of rotatable bonds is 4. The highest BCUT2D eigenvalue weighted by atomic mass is 35.5. The van der Waals surface area contributed by atoms with Crippen molar-refractivity contribution in [1.29, 1.82) is 0 Å². The van der Waals surface area contributed by atoms with E-state index in [1.807, 2.05) is 16.8 Å². The fourth-order valence-electron chi connectivity index (χ4n) is 1.50. The molecule has 0 spiro atoms. The number of nitrogens with two attached hydrogens (primary N) is 1. The van der Waals surface area contributed by atoms with Crippen LogP contribution >= 0.6 is 23.7 Å². The predicted molar refractivity (Wildman–Crippen MR) is 70.7 cm³/mol. The van der Waals surface area contributed by atoms with Crippen LogP contribution in [0.3, 0.4) is 0 Å². The first-order valence-electron chi connectivity index (χ1n) is 4.99. The molecule has 2 nitrogen and oxygen atoms in total. The van der Waals surface area contributed by atoms with Crippen molar-refractivity contribution in [3.05, 3.63) is 52.2 Å². The van der Waals surface area contributed by atoms with Gasteiger partial charge in [-0.2, -0.15) is 20.1 Å². The zero-order valence-electron chi connectivity index (χ0n) is 9.25. The largest absolute Gasteiger partial charge is 0.435 e. The molecule has 0 bridgehead atoms. The summed E-state index contributed by atoms with van der Waals surface area (Å²) in [7, 11) is 0. The smallest absolute Gasteiger partial charge is 0.387 e. The van der Waals surface area contributed by atoms with E-state index in [4.69, 9.17) is 5.73 Å². The van der Waals surface area contributed by atoms with Gasteiger partial charge in [-0.25, -0.2) is 0 Å². The lowest BCUT2D eigenvalue weighted by molar-refractivity contribution is -0.0498. The fourth-order valence-corrected chi connectivity index (χ4v) is 2.20. The molecule has 0 radical (unpaired) electrons. The summed E-state index contributed by atoms with van der Waals surface area (Å²) in [6.45, 7) is -2.80. The summed E-state index contributed by atoms with van der Waals surface area (Å²) >= 11 is 1.57. The summed E-state index contributed by atoms with van der Waals surface area (Å²) in [6.07, 6.45) is 0. The summed E-state index contributed by atoms with van der Waals surface area (Å²) in [6, 6.07) is 8.09. The lowest BCUT2D eigenvalue weighted by Gasteiger charge is -2.11. The first-order chi connectivity index (χ1) is 8.16. The Labute approximate surface area is 114 Å². The van der Waals surface area contributed by atoms with Gasteiger partial charge in [0.05, 0.1) is 6.04 Å². The molecule has 0 saturated carbocycles. The van der Waals surface area contributed by atoms with Gasteiger partial charge in [-0.1, -0.05) is 12.1 Å². The Morgan fingerprint density at radius 1 is 1.06 bits per heavy atom. The lowest BCUT2D eigenvalue weighted by atomic mass is 10.0. The molecule has 98 valence electrons. The van der Waals surface area contributed by atoms with Crippen molar-refractivity contribution in [3.63, 3.8) is 0 Å². The van der Waals surface area contributed by atoms with Crippen LogP contribution in [-0.2, 0) is 0 Å². The van der Waals surface area contributed by atoms with Crippen LogP contribution in [-0.4, -0.2) is 6.61 Å². The molecular formula is C12H12ClF2NOS. The monoisotopic (exact) mass is 291 g/mol. The topological polar surface area (TPSA) is 35.2 Å². The minimum atomic E-state index is -2.80. The minimum Gasteiger partial charge on any atom is -0.435 e.